The van der Waals surface area contributed by atoms with Crippen LogP contribution >= 0.6 is 22.9 Å². The van der Waals surface area contributed by atoms with Gasteiger partial charge in [0.05, 0.1) is 5.92 Å². The van der Waals surface area contributed by atoms with Crippen LogP contribution in [0.1, 0.15) is 43.6 Å². The zero-order valence-electron chi connectivity index (χ0n) is 18.6. The minimum Gasteiger partial charge on any atom is -0.352 e. The average molecular weight is 498 g/mol. The number of anilines is 1. The standard InChI is InChI=1S/C24H24ClN5O3S/c1-15-5-2-6-16(11-15)13-26-20(31)17-7-4-10-30(14-17)24(33)23-29-28-22(34-23)21(32)27-19-9-3-8-18(25)12-19/h2-3,5-6,8-9,11-12,17H,4,7,10,13-14H2,1H3,(H,26,31)(H,27,32)/t17-/m1/s1. The Bertz CT molecular complexity index is 1210. The van der Waals surface area contributed by atoms with Crippen molar-refractivity contribution in [3.8, 4) is 0 Å². The molecule has 10 heteroatoms. The second kappa shape index (κ2) is 10.8. The molecule has 0 unspecified atom stereocenters. The lowest BCUT2D eigenvalue weighted by Gasteiger charge is -2.31. The predicted octanol–water partition coefficient (Wildman–Crippen LogP) is 3.92. The van der Waals surface area contributed by atoms with E-state index in [1.807, 2.05) is 31.2 Å². The zero-order chi connectivity index (χ0) is 24.1. The number of hydrogen-bond donors (Lipinski definition) is 2. The third-order valence-electron chi connectivity index (χ3n) is 5.51. The van der Waals surface area contributed by atoms with Crippen LogP contribution in [-0.4, -0.2) is 45.9 Å². The van der Waals surface area contributed by atoms with Crippen LogP contribution in [0.5, 0.6) is 0 Å². The first-order valence-electron chi connectivity index (χ1n) is 10.9. The fraction of sp³-hybridized carbons (Fsp3) is 0.292. The maximum atomic E-state index is 13.0. The molecular formula is C24H24ClN5O3S. The first kappa shape index (κ1) is 23.8. The van der Waals surface area contributed by atoms with Gasteiger partial charge in [-0.05, 0) is 43.5 Å². The minimum atomic E-state index is -0.467. The Morgan fingerprint density at radius 2 is 1.91 bits per heavy atom. The molecule has 3 amide bonds. The van der Waals surface area contributed by atoms with Crippen LogP contribution in [0.15, 0.2) is 48.5 Å². The summed E-state index contributed by atoms with van der Waals surface area (Å²) in [6.45, 7) is 3.30. The summed E-state index contributed by atoms with van der Waals surface area (Å²) in [6.07, 6.45) is 1.43. The molecule has 1 saturated heterocycles. The molecular weight excluding hydrogens is 474 g/mol. The molecule has 1 fully saturated rings. The smallest absolute Gasteiger partial charge is 0.286 e. The van der Waals surface area contributed by atoms with Gasteiger partial charge in [-0.25, -0.2) is 0 Å². The number of carbonyl (C=O) groups excluding carboxylic acids is 3. The molecule has 0 bridgehead atoms. The van der Waals surface area contributed by atoms with Crippen LogP contribution < -0.4 is 10.6 Å². The van der Waals surface area contributed by atoms with Crippen molar-refractivity contribution in [2.45, 2.75) is 26.3 Å². The van der Waals surface area contributed by atoms with E-state index >= 15 is 0 Å². The van der Waals surface area contributed by atoms with Gasteiger partial charge in [0.1, 0.15) is 0 Å². The molecule has 0 saturated carbocycles. The average Bonchev–Trinajstić information content (AvgIpc) is 3.33. The van der Waals surface area contributed by atoms with E-state index in [2.05, 4.69) is 20.8 Å². The largest absolute Gasteiger partial charge is 0.352 e. The molecule has 0 aliphatic carbocycles. The van der Waals surface area contributed by atoms with Crippen LogP contribution in [0.25, 0.3) is 0 Å². The number of hydrogen-bond acceptors (Lipinski definition) is 6. The van der Waals surface area contributed by atoms with Crippen molar-refractivity contribution < 1.29 is 14.4 Å². The van der Waals surface area contributed by atoms with Crippen LogP contribution in [0.3, 0.4) is 0 Å². The number of aromatic nitrogens is 2. The summed E-state index contributed by atoms with van der Waals surface area (Å²) in [5.41, 5.74) is 2.70. The van der Waals surface area contributed by atoms with Crippen molar-refractivity contribution in [2.75, 3.05) is 18.4 Å². The maximum absolute atomic E-state index is 13.0. The summed E-state index contributed by atoms with van der Waals surface area (Å²) < 4.78 is 0. The highest BCUT2D eigenvalue weighted by Crippen LogP contribution is 2.22. The van der Waals surface area contributed by atoms with Crippen molar-refractivity contribution in [3.63, 3.8) is 0 Å². The zero-order valence-corrected chi connectivity index (χ0v) is 20.2. The van der Waals surface area contributed by atoms with Crippen LogP contribution in [-0.2, 0) is 11.3 Å². The normalized spacial score (nSPS) is 15.6. The summed E-state index contributed by atoms with van der Waals surface area (Å²) in [5.74, 6) is -1.15. The van der Waals surface area contributed by atoms with Gasteiger partial charge < -0.3 is 15.5 Å². The quantitative estimate of drug-likeness (QED) is 0.537. The van der Waals surface area contributed by atoms with Crippen molar-refractivity contribution in [1.82, 2.24) is 20.4 Å². The topological polar surface area (TPSA) is 104 Å². The molecule has 1 atom stereocenters. The first-order chi connectivity index (χ1) is 16.4. The number of carbonyl (C=O) groups is 3. The summed E-state index contributed by atoms with van der Waals surface area (Å²) in [6, 6.07) is 14.7. The van der Waals surface area contributed by atoms with Gasteiger partial charge in [-0.3, -0.25) is 14.4 Å². The Kier molecular flexibility index (Phi) is 7.54. The Hall–Kier alpha value is -3.30. The lowest BCUT2D eigenvalue weighted by molar-refractivity contribution is -0.126. The number of aryl methyl sites for hydroxylation is 1. The van der Waals surface area contributed by atoms with E-state index < -0.39 is 5.91 Å². The minimum absolute atomic E-state index is 0.0714. The Balaban J connectivity index is 1.34. The van der Waals surface area contributed by atoms with E-state index in [9.17, 15) is 14.4 Å². The van der Waals surface area contributed by atoms with Gasteiger partial charge in [-0.15, -0.1) is 10.2 Å². The maximum Gasteiger partial charge on any atom is 0.286 e. The predicted molar refractivity (Wildman–Crippen MR) is 131 cm³/mol. The van der Waals surface area contributed by atoms with Crippen molar-refractivity contribution in [1.29, 1.82) is 0 Å². The van der Waals surface area contributed by atoms with Gasteiger partial charge >= 0.3 is 0 Å². The molecule has 34 heavy (non-hydrogen) atoms. The first-order valence-corrected chi connectivity index (χ1v) is 12.1. The third-order valence-corrected chi connectivity index (χ3v) is 6.66. The van der Waals surface area contributed by atoms with Crippen LogP contribution in [0.2, 0.25) is 5.02 Å². The van der Waals surface area contributed by atoms with Gasteiger partial charge in [-0.2, -0.15) is 0 Å². The number of likely N-dealkylation sites (tertiary alicyclic amines) is 1. The van der Waals surface area contributed by atoms with Gasteiger partial charge in [0.2, 0.25) is 15.9 Å². The number of nitrogens with one attached hydrogen (secondary N) is 2. The van der Waals surface area contributed by atoms with Gasteiger partial charge in [0.15, 0.2) is 0 Å². The van der Waals surface area contributed by atoms with Crippen molar-refractivity contribution in [2.24, 2.45) is 5.92 Å². The SMILES string of the molecule is Cc1cccc(CNC(=O)[C@@H]2CCCN(C(=O)c3nnc(C(=O)Nc4cccc(Cl)c4)s3)C2)c1. The number of benzene rings is 2. The number of nitrogens with zero attached hydrogens (tertiary/aromatic N) is 3. The van der Waals surface area contributed by atoms with E-state index in [4.69, 9.17) is 11.6 Å². The van der Waals surface area contributed by atoms with Gasteiger partial charge in [0, 0.05) is 30.3 Å². The lowest BCUT2D eigenvalue weighted by Crippen LogP contribution is -2.45. The monoisotopic (exact) mass is 497 g/mol. The second-order valence-electron chi connectivity index (χ2n) is 8.17. The molecule has 176 valence electrons. The van der Waals surface area contributed by atoms with E-state index in [1.165, 1.54) is 0 Å². The van der Waals surface area contributed by atoms with Crippen LogP contribution in [0, 0.1) is 12.8 Å². The summed E-state index contributed by atoms with van der Waals surface area (Å²) in [4.78, 5) is 39.8. The lowest BCUT2D eigenvalue weighted by atomic mass is 9.97. The molecule has 1 aliphatic heterocycles. The third kappa shape index (κ3) is 5.98. The Morgan fingerprint density at radius 3 is 2.71 bits per heavy atom. The van der Waals surface area contributed by atoms with Crippen molar-refractivity contribution >= 4 is 46.3 Å². The van der Waals surface area contributed by atoms with E-state index in [0.717, 1.165) is 28.9 Å². The van der Waals surface area contributed by atoms with Gasteiger partial charge in [-0.1, -0.05) is 58.8 Å². The molecule has 2 N–H and O–H groups in total. The van der Waals surface area contributed by atoms with Crippen molar-refractivity contribution in [3.05, 3.63) is 74.7 Å². The molecule has 3 aromatic rings. The van der Waals surface area contributed by atoms with E-state index in [-0.39, 0.29) is 27.7 Å². The second-order valence-corrected chi connectivity index (χ2v) is 9.59. The number of rotatable bonds is 6. The summed E-state index contributed by atoms with van der Waals surface area (Å²) >= 11 is 6.87. The molecule has 8 nitrogen and oxygen atoms in total. The van der Waals surface area contributed by atoms with Gasteiger partial charge in [0.25, 0.3) is 11.8 Å². The molecule has 2 aromatic carbocycles. The number of amides is 3. The summed E-state index contributed by atoms with van der Waals surface area (Å²) in [5, 5.41) is 14.1. The highest BCUT2D eigenvalue weighted by Gasteiger charge is 2.30. The number of piperidine rings is 1. The fourth-order valence-electron chi connectivity index (χ4n) is 3.82. The number of halogens is 1. The van der Waals surface area contributed by atoms with E-state index in [1.54, 1.807) is 29.2 Å². The summed E-state index contributed by atoms with van der Waals surface area (Å²) in [7, 11) is 0. The van der Waals surface area contributed by atoms with Crippen LogP contribution in [0.4, 0.5) is 5.69 Å². The highest BCUT2D eigenvalue weighted by molar-refractivity contribution is 7.15. The molecule has 2 heterocycles. The fourth-order valence-corrected chi connectivity index (χ4v) is 4.72. The molecule has 1 aromatic heterocycles. The molecule has 1 aliphatic rings. The van der Waals surface area contributed by atoms with E-state index in [0.29, 0.717) is 36.8 Å². The molecule has 4 rings (SSSR count). The molecule has 0 spiro atoms. The highest BCUT2D eigenvalue weighted by atomic mass is 35.5. The Labute approximate surface area is 206 Å². The molecule has 0 radical (unpaired) electrons. The Morgan fingerprint density at radius 1 is 1.12 bits per heavy atom.